The van der Waals surface area contributed by atoms with Gasteiger partial charge in [-0.15, -0.1) is 21.5 Å². The lowest BCUT2D eigenvalue weighted by atomic mass is 10.3. The lowest BCUT2D eigenvalue weighted by Gasteiger charge is -2.09. The molecule has 0 spiro atoms. The lowest BCUT2D eigenvalue weighted by molar-refractivity contribution is 0.513. The van der Waals surface area contributed by atoms with Crippen LogP contribution in [0.1, 0.15) is 18.5 Å². The molecule has 5 rings (SSSR count). The van der Waals surface area contributed by atoms with E-state index in [1.165, 1.54) is 0 Å². The Hall–Kier alpha value is -3.72. The summed E-state index contributed by atoms with van der Waals surface area (Å²) in [6.07, 6.45) is 1.94. The van der Waals surface area contributed by atoms with E-state index in [0.717, 1.165) is 44.8 Å². The van der Waals surface area contributed by atoms with Crippen molar-refractivity contribution in [2.24, 2.45) is 4.99 Å². The van der Waals surface area contributed by atoms with Crippen LogP contribution in [0.5, 0.6) is 0 Å². The average molecular weight is 432 g/mol. The van der Waals surface area contributed by atoms with E-state index >= 15 is 0 Å². The predicted molar refractivity (Wildman–Crippen MR) is 122 cm³/mol. The highest BCUT2D eigenvalue weighted by atomic mass is 32.1. The van der Waals surface area contributed by atoms with Crippen LogP contribution in [-0.4, -0.2) is 32.1 Å². The van der Waals surface area contributed by atoms with E-state index in [-0.39, 0.29) is 0 Å². The Labute approximate surface area is 182 Å². The molecule has 0 aliphatic carbocycles. The summed E-state index contributed by atoms with van der Waals surface area (Å²) >= 11 is 1.63. The van der Waals surface area contributed by atoms with Gasteiger partial charge in [0, 0.05) is 12.7 Å². The first-order chi connectivity index (χ1) is 15.3. The van der Waals surface area contributed by atoms with Gasteiger partial charge < -0.3 is 15.1 Å². The summed E-state index contributed by atoms with van der Waals surface area (Å²) in [5.74, 6) is 3.06. The Balaban J connectivity index is 1.27. The Kier molecular flexibility index (Phi) is 5.32. The first kappa shape index (κ1) is 19.3. The molecule has 0 saturated heterocycles. The Morgan fingerprint density at radius 2 is 1.97 bits per heavy atom. The van der Waals surface area contributed by atoms with Gasteiger partial charge in [-0.05, 0) is 43.3 Å². The van der Waals surface area contributed by atoms with Crippen molar-refractivity contribution in [3.63, 3.8) is 0 Å². The number of hydrogen-bond donors (Lipinski definition) is 2. The quantitative estimate of drug-likeness (QED) is 0.313. The smallest absolute Gasteiger partial charge is 0.192 e. The number of guanidine groups is 1. The lowest BCUT2D eigenvalue weighted by Crippen LogP contribution is -2.36. The topological polar surface area (TPSA) is 92.6 Å². The SMILES string of the molecule is CCNC(=NCc1nnc2ccccn12)NCc1ccc(-c2nc3ccccc3s2)o1. The predicted octanol–water partition coefficient (Wildman–Crippen LogP) is 3.85. The molecule has 4 heterocycles. The van der Waals surface area contributed by atoms with Crippen molar-refractivity contribution in [2.45, 2.75) is 20.0 Å². The van der Waals surface area contributed by atoms with Crippen molar-refractivity contribution >= 4 is 33.2 Å². The zero-order valence-corrected chi connectivity index (χ0v) is 17.8. The number of fused-ring (bicyclic) bond motifs is 2. The number of hydrogen-bond acceptors (Lipinski definition) is 6. The van der Waals surface area contributed by atoms with E-state index in [1.54, 1.807) is 11.3 Å². The third kappa shape index (κ3) is 4.13. The molecular formula is C22H21N7OS. The monoisotopic (exact) mass is 431 g/mol. The van der Waals surface area contributed by atoms with Crippen LogP contribution in [0, 0.1) is 0 Å². The molecule has 0 aliphatic heterocycles. The van der Waals surface area contributed by atoms with Gasteiger partial charge in [-0.1, -0.05) is 18.2 Å². The Bertz CT molecular complexity index is 1320. The Morgan fingerprint density at radius 3 is 2.87 bits per heavy atom. The van der Waals surface area contributed by atoms with Crippen molar-refractivity contribution in [2.75, 3.05) is 6.54 Å². The maximum Gasteiger partial charge on any atom is 0.192 e. The molecule has 2 N–H and O–H groups in total. The number of rotatable bonds is 6. The summed E-state index contributed by atoms with van der Waals surface area (Å²) in [4.78, 5) is 9.29. The van der Waals surface area contributed by atoms with E-state index < -0.39 is 0 Å². The minimum Gasteiger partial charge on any atom is -0.457 e. The fourth-order valence-electron chi connectivity index (χ4n) is 3.23. The third-order valence-electron chi connectivity index (χ3n) is 4.70. The zero-order valence-electron chi connectivity index (χ0n) is 16.9. The van der Waals surface area contributed by atoms with Crippen LogP contribution in [0.15, 0.2) is 70.2 Å². The highest BCUT2D eigenvalue weighted by Gasteiger charge is 2.11. The summed E-state index contributed by atoms with van der Waals surface area (Å²) in [6, 6.07) is 17.8. The molecule has 8 nitrogen and oxygen atoms in total. The minimum atomic E-state index is 0.412. The molecule has 0 atom stereocenters. The molecule has 9 heteroatoms. The van der Waals surface area contributed by atoms with E-state index in [2.05, 4.69) is 36.9 Å². The van der Waals surface area contributed by atoms with Gasteiger partial charge in [0.2, 0.25) is 0 Å². The van der Waals surface area contributed by atoms with Gasteiger partial charge >= 0.3 is 0 Å². The molecule has 156 valence electrons. The average Bonchev–Trinajstić information content (AvgIpc) is 3.53. The van der Waals surface area contributed by atoms with Gasteiger partial charge in [-0.25, -0.2) is 9.98 Å². The fraction of sp³-hybridized carbons (Fsp3) is 0.182. The molecule has 5 aromatic rings. The normalized spacial score (nSPS) is 12.0. The van der Waals surface area contributed by atoms with Crippen molar-refractivity contribution in [3.05, 3.63) is 72.4 Å². The summed E-state index contributed by atoms with van der Waals surface area (Å²) in [5.41, 5.74) is 1.80. The van der Waals surface area contributed by atoms with Crippen LogP contribution in [0.25, 0.3) is 26.6 Å². The molecule has 0 bridgehead atoms. The number of thiazole rings is 1. The third-order valence-corrected chi connectivity index (χ3v) is 5.75. The number of para-hydroxylation sites is 1. The van der Waals surface area contributed by atoms with Crippen molar-refractivity contribution < 1.29 is 4.42 Å². The van der Waals surface area contributed by atoms with Gasteiger partial charge in [0.1, 0.15) is 12.3 Å². The van der Waals surface area contributed by atoms with Crippen LogP contribution in [-0.2, 0) is 13.1 Å². The second-order valence-corrected chi connectivity index (χ2v) is 7.88. The zero-order chi connectivity index (χ0) is 21.0. The molecule has 0 aliphatic rings. The van der Waals surface area contributed by atoms with E-state index in [0.29, 0.717) is 19.0 Å². The molecule has 31 heavy (non-hydrogen) atoms. The standard InChI is InChI=1S/C22H21N7OS/c1-2-23-22(25-14-20-28-27-19-9-5-6-12-29(19)20)24-13-15-10-11-17(30-15)21-26-16-7-3-4-8-18(16)31-21/h3-12H,2,13-14H2,1H3,(H2,23,24,25). The first-order valence-electron chi connectivity index (χ1n) is 10.1. The van der Waals surface area contributed by atoms with E-state index in [1.807, 2.05) is 66.1 Å². The molecule has 0 amide bonds. The van der Waals surface area contributed by atoms with Crippen LogP contribution < -0.4 is 10.6 Å². The summed E-state index contributed by atoms with van der Waals surface area (Å²) in [7, 11) is 0. The van der Waals surface area contributed by atoms with Gasteiger partial charge in [-0.3, -0.25) is 4.40 Å². The number of aliphatic imine (C=N–C) groups is 1. The second kappa shape index (κ2) is 8.57. The fourth-order valence-corrected chi connectivity index (χ4v) is 4.15. The molecule has 0 radical (unpaired) electrons. The van der Waals surface area contributed by atoms with Crippen LogP contribution in [0.4, 0.5) is 0 Å². The molecule has 1 aromatic carbocycles. The molecule has 4 aromatic heterocycles. The van der Waals surface area contributed by atoms with E-state index in [9.17, 15) is 0 Å². The van der Waals surface area contributed by atoms with Crippen molar-refractivity contribution in [1.29, 1.82) is 0 Å². The molecule has 0 unspecified atom stereocenters. The van der Waals surface area contributed by atoms with Crippen molar-refractivity contribution in [3.8, 4) is 10.8 Å². The van der Waals surface area contributed by atoms with Gasteiger partial charge in [0.05, 0.1) is 16.8 Å². The number of furan rings is 1. The summed E-state index contributed by atoms with van der Waals surface area (Å²) in [5, 5.41) is 15.8. The van der Waals surface area contributed by atoms with Crippen LogP contribution in [0.3, 0.4) is 0 Å². The number of nitrogens with zero attached hydrogens (tertiary/aromatic N) is 5. The number of pyridine rings is 1. The van der Waals surface area contributed by atoms with E-state index in [4.69, 9.17) is 4.42 Å². The second-order valence-electron chi connectivity index (χ2n) is 6.85. The number of benzene rings is 1. The summed E-state index contributed by atoms with van der Waals surface area (Å²) < 4.78 is 9.10. The maximum atomic E-state index is 6.01. The van der Waals surface area contributed by atoms with Gasteiger partial charge in [0.15, 0.2) is 28.2 Å². The molecule has 0 saturated carbocycles. The molecule has 0 fully saturated rings. The highest BCUT2D eigenvalue weighted by Crippen LogP contribution is 2.31. The highest BCUT2D eigenvalue weighted by molar-refractivity contribution is 7.21. The Morgan fingerprint density at radius 1 is 1.06 bits per heavy atom. The number of nitrogens with one attached hydrogen (secondary N) is 2. The van der Waals surface area contributed by atoms with Gasteiger partial charge in [0.25, 0.3) is 0 Å². The van der Waals surface area contributed by atoms with Crippen LogP contribution >= 0.6 is 11.3 Å². The van der Waals surface area contributed by atoms with Crippen LogP contribution in [0.2, 0.25) is 0 Å². The first-order valence-corrected chi connectivity index (χ1v) is 10.9. The minimum absolute atomic E-state index is 0.412. The summed E-state index contributed by atoms with van der Waals surface area (Å²) in [6.45, 7) is 3.70. The van der Waals surface area contributed by atoms with Crippen molar-refractivity contribution in [1.82, 2.24) is 30.2 Å². The van der Waals surface area contributed by atoms with Gasteiger partial charge in [-0.2, -0.15) is 0 Å². The largest absolute Gasteiger partial charge is 0.457 e. The molecular weight excluding hydrogens is 410 g/mol. The number of aromatic nitrogens is 4. The maximum absolute atomic E-state index is 6.01.